The van der Waals surface area contributed by atoms with E-state index in [4.69, 9.17) is 23.8 Å². The maximum absolute atomic E-state index is 13.4. The number of hydrogen-bond acceptors (Lipinski definition) is 10. The van der Waals surface area contributed by atoms with Crippen molar-refractivity contribution >= 4 is 18.8 Å². The van der Waals surface area contributed by atoms with E-state index in [0.29, 0.717) is 36.7 Å². The molecule has 1 saturated heterocycles. The Hall–Kier alpha value is -2.47. The predicted octanol–water partition coefficient (Wildman–Crippen LogP) is 0.257. The number of benzene rings is 1. The third-order valence-electron chi connectivity index (χ3n) is 6.77. The maximum Gasteiger partial charge on any atom is 0.257 e. The SMILES string of the molecule is Cc1nc2n(c(=O)c1CCN1CCC(c3noc4cc(F)ccc34)CC1)CCCC2O.O=P([O-])([O-])[O-]. The smallest absolute Gasteiger partial charge is 0.257 e. The van der Waals surface area contributed by atoms with E-state index in [1.165, 1.54) is 12.1 Å². The number of aromatic nitrogens is 3. The molecule has 4 heterocycles. The molecule has 2 aromatic heterocycles. The van der Waals surface area contributed by atoms with Crippen LogP contribution in [0.4, 0.5) is 4.39 Å². The number of fused-ring (bicyclic) bond motifs is 2. The van der Waals surface area contributed by atoms with Gasteiger partial charge in [0.15, 0.2) is 5.58 Å². The van der Waals surface area contributed by atoms with Crippen molar-refractivity contribution in [1.29, 1.82) is 0 Å². The van der Waals surface area contributed by atoms with Gasteiger partial charge < -0.3 is 33.8 Å². The molecule has 0 bridgehead atoms. The minimum atomic E-state index is -5.39. The molecule has 5 rings (SSSR count). The molecule has 36 heavy (non-hydrogen) atoms. The number of aliphatic hydroxyl groups is 1. The highest BCUT2D eigenvalue weighted by atomic mass is 31.2. The van der Waals surface area contributed by atoms with E-state index in [9.17, 15) is 14.3 Å². The van der Waals surface area contributed by atoms with Gasteiger partial charge in [-0.3, -0.25) is 9.36 Å². The number of halogens is 1. The number of hydrogen-bond donors (Lipinski definition) is 1. The number of aryl methyl sites for hydroxylation is 1. The molecule has 0 saturated carbocycles. The van der Waals surface area contributed by atoms with E-state index < -0.39 is 13.9 Å². The molecular weight excluding hydrogens is 494 g/mol. The van der Waals surface area contributed by atoms with Crippen LogP contribution in [0.3, 0.4) is 0 Å². The second-order valence-corrected chi connectivity index (χ2v) is 10.1. The molecule has 0 aliphatic carbocycles. The summed E-state index contributed by atoms with van der Waals surface area (Å²) in [7, 11) is -5.39. The van der Waals surface area contributed by atoms with Crippen LogP contribution in [0.5, 0.6) is 0 Å². The quantitative estimate of drug-likeness (QED) is 0.470. The summed E-state index contributed by atoms with van der Waals surface area (Å²) in [6, 6.07) is 4.58. The monoisotopic (exact) mass is 521 g/mol. The molecule has 196 valence electrons. The van der Waals surface area contributed by atoms with Gasteiger partial charge in [-0.25, -0.2) is 9.37 Å². The molecule has 13 heteroatoms. The summed E-state index contributed by atoms with van der Waals surface area (Å²) < 4.78 is 28.9. The van der Waals surface area contributed by atoms with Crippen molar-refractivity contribution in [3.8, 4) is 0 Å². The third kappa shape index (κ3) is 6.26. The first kappa shape index (κ1) is 26.6. The van der Waals surface area contributed by atoms with Crippen LogP contribution in [0.2, 0.25) is 0 Å². The van der Waals surface area contributed by atoms with Gasteiger partial charge in [-0.2, -0.15) is 7.82 Å². The largest absolute Gasteiger partial charge is 0.822 e. The Morgan fingerprint density at radius 3 is 2.58 bits per heavy atom. The normalized spacial score (nSPS) is 19.1. The van der Waals surface area contributed by atoms with Gasteiger partial charge in [-0.1, -0.05) is 5.16 Å². The van der Waals surface area contributed by atoms with Crippen molar-refractivity contribution in [2.75, 3.05) is 19.6 Å². The molecule has 2 aliphatic heterocycles. The number of aliphatic hydroxyl groups excluding tert-OH is 1. The summed E-state index contributed by atoms with van der Waals surface area (Å²) in [4.78, 5) is 45.5. The fraction of sp³-hybridized carbons (Fsp3) is 0.522. The highest BCUT2D eigenvalue weighted by Gasteiger charge is 2.26. The molecular formula is C23H27FN4O7P-3. The summed E-state index contributed by atoms with van der Waals surface area (Å²) in [5.74, 6) is 0.489. The van der Waals surface area contributed by atoms with Crippen LogP contribution in [0, 0.1) is 12.7 Å². The zero-order valence-electron chi connectivity index (χ0n) is 19.8. The maximum atomic E-state index is 13.4. The van der Waals surface area contributed by atoms with E-state index in [1.54, 1.807) is 10.6 Å². The van der Waals surface area contributed by atoms with Gasteiger partial charge in [0.2, 0.25) is 0 Å². The van der Waals surface area contributed by atoms with Gasteiger partial charge in [0.05, 0.1) is 5.69 Å². The number of phosphoric acid groups is 1. The van der Waals surface area contributed by atoms with Crippen molar-refractivity contribution in [1.82, 2.24) is 19.6 Å². The van der Waals surface area contributed by atoms with Gasteiger partial charge in [0.1, 0.15) is 17.7 Å². The average molecular weight is 521 g/mol. The van der Waals surface area contributed by atoms with Gasteiger partial charge in [-0.05, 0) is 64.3 Å². The minimum absolute atomic E-state index is 0.00237. The van der Waals surface area contributed by atoms with Crippen LogP contribution < -0.4 is 20.2 Å². The summed E-state index contributed by atoms with van der Waals surface area (Å²) in [5.41, 5.74) is 2.90. The van der Waals surface area contributed by atoms with Crippen LogP contribution in [0.25, 0.3) is 11.0 Å². The van der Waals surface area contributed by atoms with Crippen molar-refractivity contribution < 1.29 is 33.3 Å². The highest BCUT2D eigenvalue weighted by Crippen LogP contribution is 2.33. The number of likely N-dealkylation sites (tertiary alicyclic amines) is 1. The topological polar surface area (TPSA) is 171 Å². The van der Waals surface area contributed by atoms with Crippen molar-refractivity contribution in [2.24, 2.45) is 0 Å². The molecule has 3 aromatic rings. The highest BCUT2D eigenvalue weighted by molar-refractivity contribution is 7.40. The van der Waals surface area contributed by atoms with Gasteiger partial charge in [0.25, 0.3) is 5.56 Å². The average Bonchev–Trinajstić information content (AvgIpc) is 3.22. The molecule has 0 radical (unpaired) electrons. The van der Waals surface area contributed by atoms with Gasteiger partial charge in [-0.15, -0.1) is 0 Å². The molecule has 0 spiro atoms. The molecule has 1 unspecified atom stereocenters. The van der Waals surface area contributed by atoms with Crippen LogP contribution in [0.1, 0.15) is 60.5 Å². The first-order valence-corrected chi connectivity index (χ1v) is 13.3. The second-order valence-electron chi connectivity index (χ2n) is 9.17. The Kier molecular flexibility index (Phi) is 8.03. The van der Waals surface area contributed by atoms with E-state index in [1.807, 2.05) is 6.92 Å². The van der Waals surface area contributed by atoms with E-state index in [0.717, 1.165) is 61.2 Å². The fourth-order valence-corrected chi connectivity index (χ4v) is 4.98. The zero-order chi connectivity index (χ0) is 26.0. The Morgan fingerprint density at radius 2 is 1.89 bits per heavy atom. The molecule has 2 aliphatic rings. The Balaban J connectivity index is 0.000000556. The molecule has 11 nitrogen and oxygen atoms in total. The number of nitrogens with zero attached hydrogens (tertiary/aromatic N) is 4. The van der Waals surface area contributed by atoms with Crippen LogP contribution in [-0.2, 0) is 17.5 Å². The van der Waals surface area contributed by atoms with Gasteiger partial charge in [0, 0.05) is 41.7 Å². The number of piperidine rings is 1. The molecule has 1 N–H and O–H groups in total. The standard InChI is InChI=1S/C23H27FN4O3.H3O4P/c1-14-17(23(30)28-9-2-3-19(29)22(28)25-14)8-12-27-10-6-15(7-11-27)21-18-5-4-16(24)13-20(18)31-26-21;1-5(2,3)4/h4-5,13,15,19,29H,2-3,6-12H2,1H3;(H3,1,2,3,4)/p-3. The Morgan fingerprint density at radius 1 is 1.19 bits per heavy atom. The minimum Gasteiger partial charge on any atom is -0.822 e. The lowest BCUT2D eigenvalue weighted by atomic mass is 9.91. The van der Waals surface area contributed by atoms with Crippen molar-refractivity contribution in [3.05, 3.63) is 57.1 Å². The summed E-state index contributed by atoms with van der Waals surface area (Å²) in [6.07, 6.45) is 3.38. The Bertz CT molecular complexity index is 1320. The first-order chi connectivity index (χ1) is 17.0. The van der Waals surface area contributed by atoms with Gasteiger partial charge >= 0.3 is 0 Å². The van der Waals surface area contributed by atoms with Crippen molar-refractivity contribution in [2.45, 2.75) is 57.6 Å². The zero-order valence-corrected chi connectivity index (χ0v) is 20.7. The van der Waals surface area contributed by atoms with E-state index in [2.05, 4.69) is 15.0 Å². The molecule has 0 amide bonds. The lowest BCUT2D eigenvalue weighted by Crippen LogP contribution is -2.37. The fourth-order valence-electron chi connectivity index (χ4n) is 4.98. The third-order valence-corrected chi connectivity index (χ3v) is 6.77. The van der Waals surface area contributed by atoms with Crippen molar-refractivity contribution in [3.63, 3.8) is 0 Å². The summed E-state index contributed by atoms with van der Waals surface area (Å²) >= 11 is 0. The van der Waals surface area contributed by atoms with Crippen LogP contribution >= 0.6 is 7.82 Å². The number of rotatable bonds is 4. The van der Waals surface area contributed by atoms with E-state index in [-0.39, 0.29) is 11.4 Å². The predicted molar refractivity (Wildman–Crippen MR) is 121 cm³/mol. The lowest BCUT2D eigenvalue weighted by Gasteiger charge is -2.36. The lowest BCUT2D eigenvalue weighted by molar-refractivity contribution is -0.432. The molecule has 1 atom stereocenters. The van der Waals surface area contributed by atoms with Crippen LogP contribution in [-0.4, -0.2) is 44.3 Å². The van der Waals surface area contributed by atoms with E-state index >= 15 is 0 Å². The molecule has 1 aromatic carbocycles. The molecule has 1 fully saturated rings. The summed E-state index contributed by atoms with van der Waals surface area (Å²) in [6.45, 7) is 5.13. The Labute approximate surface area is 206 Å². The van der Waals surface area contributed by atoms with Crippen LogP contribution in [0.15, 0.2) is 27.5 Å². The summed E-state index contributed by atoms with van der Waals surface area (Å²) in [5, 5.41) is 15.3. The first-order valence-electron chi connectivity index (χ1n) is 11.8. The second kappa shape index (κ2) is 10.9.